The van der Waals surface area contributed by atoms with E-state index in [-0.39, 0.29) is 6.04 Å². The molecule has 78 valence electrons. The fourth-order valence-electron chi connectivity index (χ4n) is 2.17. The summed E-state index contributed by atoms with van der Waals surface area (Å²) in [6.07, 6.45) is 8.67. The lowest BCUT2D eigenvalue weighted by molar-refractivity contribution is 0.162. The van der Waals surface area contributed by atoms with E-state index in [1.165, 1.54) is 25.0 Å². The maximum absolute atomic E-state index is 6.05. The third-order valence-electron chi connectivity index (χ3n) is 3.50. The van der Waals surface area contributed by atoms with Crippen molar-refractivity contribution in [3.05, 3.63) is 18.2 Å². The van der Waals surface area contributed by atoms with Gasteiger partial charge in [0.2, 0.25) is 0 Å². The van der Waals surface area contributed by atoms with Crippen molar-refractivity contribution in [1.29, 1.82) is 0 Å². The number of aromatic nitrogens is 2. The molecule has 1 aromatic heterocycles. The first-order chi connectivity index (χ1) is 6.67. The Labute approximate surface area is 85.3 Å². The molecule has 0 radical (unpaired) electrons. The van der Waals surface area contributed by atoms with Gasteiger partial charge in [0.25, 0.3) is 0 Å². The molecule has 1 fully saturated rings. The number of hydrogen-bond donors (Lipinski definition) is 1. The lowest BCUT2D eigenvalue weighted by atomic mass is 9.78. The number of rotatable bonds is 3. The van der Waals surface area contributed by atoms with E-state index in [4.69, 9.17) is 5.73 Å². The quantitative estimate of drug-likeness (QED) is 0.799. The van der Waals surface area contributed by atoms with Gasteiger partial charge in [0, 0.05) is 17.8 Å². The Morgan fingerprint density at radius 1 is 1.64 bits per heavy atom. The SMILES string of the molecule is CC[C@@H](N)c1cncn1C1(C)CCC1. The summed E-state index contributed by atoms with van der Waals surface area (Å²) in [4.78, 5) is 4.22. The van der Waals surface area contributed by atoms with Crippen molar-refractivity contribution in [2.75, 3.05) is 0 Å². The van der Waals surface area contributed by atoms with Crippen molar-refractivity contribution < 1.29 is 0 Å². The molecule has 0 bridgehead atoms. The second kappa shape index (κ2) is 3.39. The molecule has 3 nitrogen and oxygen atoms in total. The predicted molar refractivity (Wildman–Crippen MR) is 56.9 cm³/mol. The summed E-state index contributed by atoms with van der Waals surface area (Å²) in [6.45, 7) is 4.41. The first-order valence-electron chi connectivity index (χ1n) is 5.45. The second-order valence-electron chi connectivity index (χ2n) is 4.55. The minimum Gasteiger partial charge on any atom is -0.327 e. The normalized spacial score (nSPS) is 21.6. The Morgan fingerprint density at radius 2 is 2.36 bits per heavy atom. The van der Waals surface area contributed by atoms with Gasteiger partial charge in [0.15, 0.2) is 0 Å². The lowest BCUT2D eigenvalue weighted by Crippen LogP contribution is -2.38. The molecule has 0 aliphatic heterocycles. The Morgan fingerprint density at radius 3 is 2.86 bits per heavy atom. The Bertz CT molecular complexity index is 312. The van der Waals surface area contributed by atoms with E-state index in [1.807, 2.05) is 12.5 Å². The molecule has 1 aliphatic rings. The maximum atomic E-state index is 6.05. The molecule has 0 spiro atoms. The summed E-state index contributed by atoms with van der Waals surface area (Å²) >= 11 is 0. The summed E-state index contributed by atoms with van der Waals surface area (Å²) in [7, 11) is 0. The molecule has 1 atom stereocenters. The fourth-order valence-corrected chi connectivity index (χ4v) is 2.17. The second-order valence-corrected chi connectivity index (χ2v) is 4.55. The highest BCUT2D eigenvalue weighted by Crippen LogP contribution is 2.40. The van der Waals surface area contributed by atoms with Crippen molar-refractivity contribution in [2.45, 2.75) is 51.1 Å². The average Bonchev–Trinajstić information content (AvgIpc) is 2.61. The first kappa shape index (κ1) is 9.71. The van der Waals surface area contributed by atoms with E-state index in [0.717, 1.165) is 6.42 Å². The standard InChI is InChI=1S/C11H19N3/c1-3-9(12)10-7-13-8-14(10)11(2)5-4-6-11/h7-9H,3-6,12H2,1-2H3/t9-/m1/s1. The van der Waals surface area contributed by atoms with E-state index >= 15 is 0 Å². The van der Waals surface area contributed by atoms with Crippen molar-refractivity contribution in [3.8, 4) is 0 Å². The topological polar surface area (TPSA) is 43.8 Å². The molecule has 14 heavy (non-hydrogen) atoms. The Kier molecular flexibility index (Phi) is 2.35. The van der Waals surface area contributed by atoms with Gasteiger partial charge in [0.1, 0.15) is 0 Å². The summed E-state index contributed by atoms with van der Waals surface area (Å²) in [6, 6.07) is 0.134. The third kappa shape index (κ3) is 1.36. The highest BCUT2D eigenvalue weighted by molar-refractivity contribution is 5.10. The van der Waals surface area contributed by atoms with Crippen LogP contribution < -0.4 is 5.73 Å². The van der Waals surface area contributed by atoms with Gasteiger partial charge in [-0.3, -0.25) is 0 Å². The summed E-state index contributed by atoms with van der Waals surface area (Å²) in [5.41, 5.74) is 7.53. The van der Waals surface area contributed by atoms with Gasteiger partial charge in [-0.1, -0.05) is 6.92 Å². The van der Waals surface area contributed by atoms with Crippen LogP contribution in [0.15, 0.2) is 12.5 Å². The van der Waals surface area contributed by atoms with Crippen LogP contribution in [0.1, 0.15) is 51.3 Å². The summed E-state index contributed by atoms with van der Waals surface area (Å²) < 4.78 is 2.28. The van der Waals surface area contributed by atoms with Gasteiger partial charge in [0.05, 0.1) is 12.0 Å². The highest BCUT2D eigenvalue weighted by Gasteiger charge is 2.35. The molecular weight excluding hydrogens is 174 g/mol. The maximum Gasteiger partial charge on any atom is 0.0953 e. The monoisotopic (exact) mass is 193 g/mol. The van der Waals surface area contributed by atoms with Crippen LogP contribution in [0.25, 0.3) is 0 Å². The van der Waals surface area contributed by atoms with Crippen molar-refractivity contribution >= 4 is 0 Å². The van der Waals surface area contributed by atoms with E-state index in [9.17, 15) is 0 Å². The van der Waals surface area contributed by atoms with E-state index in [0.29, 0.717) is 5.54 Å². The van der Waals surface area contributed by atoms with Crippen molar-refractivity contribution in [2.24, 2.45) is 5.73 Å². The highest BCUT2D eigenvalue weighted by atomic mass is 15.1. The predicted octanol–water partition coefficient (Wildman–Crippen LogP) is 2.19. The molecular formula is C11H19N3. The summed E-state index contributed by atoms with van der Waals surface area (Å²) in [5, 5.41) is 0. The molecule has 0 saturated heterocycles. The van der Waals surface area contributed by atoms with Crippen LogP contribution in [-0.4, -0.2) is 9.55 Å². The van der Waals surface area contributed by atoms with Gasteiger partial charge in [-0.2, -0.15) is 0 Å². The zero-order valence-corrected chi connectivity index (χ0v) is 9.03. The van der Waals surface area contributed by atoms with Gasteiger partial charge in [-0.05, 0) is 32.6 Å². The number of imidazole rings is 1. The van der Waals surface area contributed by atoms with Crippen LogP contribution in [0.2, 0.25) is 0 Å². The molecule has 1 aliphatic carbocycles. The molecule has 2 N–H and O–H groups in total. The molecule has 0 amide bonds. The van der Waals surface area contributed by atoms with Crippen LogP contribution in [0.5, 0.6) is 0 Å². The number of nitrogens with zero attached hydrogens (tertiary/aromatic N) is 2. The lowest BCUT2D eigenvalue weighted by Gasteiger charge is -2.41. The van der Waals surface area contributed by atoms with Gasteiger partial charge < -0.3 is 10.3 Å². The molecule has 0 unspecified atom stereocenters. The largest absolute Gasteiger partial charge is 0.327 e. The average molecular weight is 193 g/mol. The summed E-state index contributed by atoms with van der Waals surface area (Å²) in [5.74, 6) is 0. The fraction of sp³-hybridized carbons (Fsp3) is 0.727. The third-order valence-corrected chi connectivity index (χ3v) is 3.50. The molecule has 2 rings (SSSR count). The van der Waals surface area contributed by atoms with E-state index < -0.39 is 0 Å². The minimum atomic E-state index is 0.134. The minimum absolute atomic E-state index is 0.134. The zero-order valence-electron chi connectivity index (χ0n) is 9.03. The molecule has 1 heterocycles. The van der Waals surface area contributed by atoms with Gasteiger partial charge in [-0.25, -0.2) is 4.98 Å². The molecule has 0 aromatic carbocycles. The first-order valence-corrected chi connectivity index (χ1v) is 5.45. The molecule has 1 saturated carbocycles. The Hall–Kier alpha value is -0.830. The number of nitrogens with two attached hydrogens (primary N) is 1. The van der Waals surface area contributed by atoms with E-state index in [2.05, 4.69) is 23.4 Å². The van der Waals surface area contributed by atoms with Crippen LogP contribution in [0.3, 0.4) is 0 Å². The number of hydrogen-bond acceptors (Lipinski definition) is 2. The van der Waals surface area contributed by atoms with Crippen LogP contribution in [0, 0.1) is 0 Å². The molecule has 1 aromatic rings. The Balaban J connectivity index is 2.29. The van der Waals surface area contributed by atoms with Crippen molar-refractivity contribution in [1.82, 2.24) is 9.55 Å². The van der Waals surface area contributed by atoms with Crippen molar-refractivity contribution in [3.63, 3.8) is 0 Å². The van der Waals surface area contributed by atoms with Crippen LogP contribution in [-0.2, 0) is 5.54 Å². The molecule has 3 heteroatoms. The smallest absolute Gasteiger partial charge is 0.0953 e. The zero-order chi connectivity index (χ0) is 10.2. The van der Waals surface area contributed by atoms with Crippen LogP contribution in [0.4, 0.5) is 0 Å². The van der Waals surface area contributed by atoms with Gasteiger partial charge in [-0.15, -0.1) is 0 Å². The van der Waals surface area contributed by atoms with Crippen LogP contribution >= 0.6 is 0 Å². The van der Waals surface area contributed by atoms with Gasteiger partial charge >= 0.3 is 0 Å². The van der Waals surface area contributed by atoms with E-state index in [1.54, 1.807) is 0 Å².